The minimum atomic E-state index is -0.135. The molecule has 0 aliphatic heterocycles. The highest BCUT2D eigenvalue weighted by atomic mass is 35.5. The van der Waals surface area contributed by atoms with Gasteiger partial charge in [-0.3, -0.25) is 0 Å². The van der Waals surface area contributed by atoms with Gasteiger partial charge >= 0.3 is 0 Å². The summed E-state index contributed by atoms with van der Waals surface area (Å²) in [4.78, 5) is 0. The first kappa shape index (κ1) is 14.0. The second-order valence-electron chi connectivity index (χ2n) is 4.75. The second-order valence-corrected chi connectivity index (χ2v) is 5.18. The zero-order valence-corrected chi connectivity index (χ0v) is 12.1. The lowest BCUT2D eigenvalue weighted by Crippen LogP contribution is -2.18. The van der Waals surface area contributed by atoms with E-state index in [9.17, 15) is 4.39 Å². The van der Waals surface area contributed by atoms with E-state index in [-0.39, 0.29) is 11.9 Å². The topological polar surface area (TPSA) is 12.0 Å². The van der Waals surface area contributed by atoms with E-state index < -0.39 is 0 Å². The van der Waals surface area contributed by atoms with Crippen LogP contribution in [0.25, 0.3) is 0 Å². The van der Waals surface area contributed by atoms with Crippen molar-refractivity contribution >= 4 is 11.6 Å². The van der Waals surface area contributed by atoms with Gasteiger partial charge < -0.3 is 5.32 Å². The van der Waals surface area contributed by atoms with Crippen LogP contribution in [0.4, 0.5) is 4.39 Å². The minimum absolute atomic E-state index is 0.0108. The van der Waals surface area contributed by atoms with Crippen LogP contribution >= 0.6 is 11.6 Å². The lowest BCUT2D eigenvalue weighted by atomic mass is 9.95. The van der Waals surface area contributed by atoms with Gasteiger partial charge in [-0.15, -0.1) is 0 Å². The molecule has 0 bridgehead atoms. The highest BCUT2D eigenvalue weighted by molar-refractivity contribution is 6.30. The van der Waals surface area contributed by atoms with Crippen molar-refractivity contribution < 1.29 is 4.39 Å². The van der Waals surface area contributed by atoms with Crippen LogP contribution < -0.4 is 5.32 Å². The first-order chi connectivity index (χ1) is 9.02. The molecular formula is C16H17ClFN. The van der Waals surface area contributed by atoms with Crippen LogP contribution in [0.1, 0.15) is 28.3 Å². The van der Waals surface area contributed by atoms with E-state index in [2.05, 4.69) is 5.32 Å². The summed E-state index contributed by atoms with van der Waals surface area (Å²) in [7, 11) is 1.89. The van der Waals surface area contributed by atoms with E-state index >= 15 is 0 Å². The van der Waals surface area contributed by atoms with E-state index in [1.807, 2.05) is 43.4 Å². The maximum Gasteiger partial charge on any atom is 0.129 e. The fourth-order valence-corrected chi connectivity index (χ4v) is 2.56. The molecule has 1 unspecified atom stereocenters. The lowest BCUT2D eigenvalue weighted by Gasteiger charge is -2.19. The SMILES string of the molecule is CNC(c1cccc(Cl)c1)c1cc(C)c(F)c(C)c1. The van der Waals surface area contributed by atoms with Crippen LogP contribution in [0.15, 0.2) is 36.4 Å². The molecule has 0 amide bonds. The quantitative estimate of drug-likeness (QED) is 0.876. The second kappa shape index (κ2) is 5.72. The molecule has 1 N–H and O–H groups in total. The number of hydrogen-bond donors (Lipinski definition) is 1. The van der Waals surface area contributed by atoms with Crippen molar-refractivity contribution in [2.75, 3.05) is 7.05 Å². The van der Waals surface area contributed by atoms with Gasteiger partial charge in [0, 0.05) is 5.02 Å². The summed E-state index contributed by atoms with van der Waals surface area (Å²) in [6.45, 7) is 3.58. The highest BCUT2D eigenvalue weighted by Gasteiger charge is 2.15. The van der Waals surface area contributed by atoms with Gasteiger partial charge in [0.05, 0.1) is 6.04 Å². The lowest BCUT2D eigenvalue weighted by molar-refractivity contribution is 0.604. The summed E-state index contributed by atoms with van der Waals surface area (Å²) in [6.07, 6.45) is 0. The maximum absolute atomic E-state index is 13.7. The standard InChI is InChI=1S/C16H17ClFN/c1-10-7-13(8-11(2)15(10)18)16(19-3)12-5-4-6-14(17)9-12/h4-9,16,19H,1-3H3. The number of rotatable bonds is 3. The fourth-order valence-electron chi connectivity index (χ4n) is 2.36. The summed E-state index contributed by atoms with van der Waals surface area (Å²) in [5, 5.41) is 3.96. The molecule has 100 valence electrons. The Morgan fingerprint density at radius 1 is 1.05 bits per heavy atom. The van der Waals surface area contributed by atoms with Gasteiger partial charge in [-0.05, 0) is 55.3 Å². The first-order valence-corrected chi connectivity index (χ1v) is 6.60. The van der Waals surface area contributed by atoms with Crippen LogP contribution in [-0.2, 0) is 0 Å². The Morgan fingerprint density at radius 3 is 2.21 bits per heavy atom. The van der Waals surface area contributed by atoms with E-state index in [4.69, 9.17) is 11.6 Å². The molecule has 0 saturated heterocycles. The van der Waals surface area contributed by atoms with Gasteiger partial charge in [0.1, 0.15) is 5.82 Å². The Labute approximate surface area is 118 Å². The Balaban J connectivity index is 2.48. The third-order valence-electron chi connectivity index (χ3n) is 3.26. The monoisotopic (exact) mass is 277 g/mol. The fraction of sp³-hybridized carbons (Fsp3) is 0.250. The molecule has 3 heteroatoms. The molecule has 1 nitrogen and oxygen atoms in total. The average molecular weight is 278 g/mol. The summed E-state index contributed by atoms with van der Waals surface area (Å²) < 4.78 is 13.7. The molecule has 0 aromatic heterocycles. The molecule has 0 aliphatic carbocycles. The number of benzene rings is 2. The van der Waals surface area contributed by atoms with Gasteiger partial charge in [-0.2, -0.15) is 0 Å². The van der Waals surface area contributed by atoms with E-state index in [0.29, 0.717) is 16.1 Å². The molecule has 0 fully saturated rings. The molecule has 0 radical (unpaired) electrons. The van der Waals surface area contributed by atoms with Crippen LogP contribution in [0.3, 0.4) is 0 Å². The third-order valence-corrected chi connectivity index (χ3v) is 3.50. The average Bonchev–Trinajstić information content (AvgIpc) is 2.37. The van der Waals surface area contributed by atoms with Crippen molar-refractivity contribution in [3.8, 4) is 0 Å². The molecule has 0 heterocycles. The van der Waals surface area contributed by atoms with Gasteiger partial charge in [0.25, 0.3) is 0 Å². The predicted octanol–water partition coefficient (Wildman–Crippen LogP) is 4.40. The van der Waals surface area contributed by atoms with Gasteiger partial charge in [0.2, 0.25) is 0 Å². The molecule has 0 aliphatic rings. The van der Waals surface area contributed by atoms with Crippen LogP contribution in [0, 0.1) is 19.7 Å². The number of halogens is 2. The predicted molar refractivity (Wildman–Crippen MR) is 78.2 cm³/mol. The summed E-state index contributed by atoms with van der Waals surface area (Å²) in [5.41, 5.74) is 3.44. The van der Waals surface area contributed by atoms with Gasteiger partial charge in [-0.25, -0.2) is 4.39 Å². The van der Waals surface area contributed by atoms with Crippen molar-refractivity contribution in [1.82, 2.24) is 5.32 Å². The maximum atomic E-state index is 13.7. The molecule has 0 saturated carbocycles. The van der Waals surface area contributed by atoms with Crippen molar-refractivity contribution in [2.24, 2.45) is 0 Å². The third kappa shape index (κ3) is 2.96. The molecule has 2 rings (SSSR count). The van der Waals surface area contributed by atoms with E-state index in [1.54, 1.807) is 13.8 Å². The smallest absolute Gasteiger partial charge is 0.129 e. The Bertz CT molecular complexity index is 572. The first-order valence-electron chi connectivity index (χ1n) is 6.22. The summed E-state index contributed by atoms with van der Waals surface area (Å²) >= 11 is 6.03. The number of hydrogen-bond acceptors (Lipinski definition) is 1. The number of nitrogens with one attached hydrogen (secondary N) is 1. The summed E-state index contributed by atoms with van der Waals surface area (Å²) in [5.74, 6) is -0.135. The Kier molecular flexibility index (Phi) is 4.23. The molecular weight excluding hydrogens is 261 g/mol. The Hall–Kier alpha value is -1.38. The largest absolute Gasteiger partial charge is 0.309 e. The van der Waals surface area contributed by atoms with Gasteiger partial charge in [0.15, 0.2) is 0 Å². The summed E-state index contributed by atoms with van der Waals surface area (Å²) in [6, 6.07) is 11.5. The molecule has 2 aromatic carbocycles. The molecule has 19 heavy (non-hydrogen) atoms. The number of aryl methyl sites for hydroxylation is 2. The van der Waals surface area contributed by atoms with E-state index in [1.165, 1.54) is 0 Å². The van der Waals surface area contributed by atoms with Crippen LogP contribution in [0.5, 0.6) is 0 Å². The zero-order chi connectivity index (χ0) is 14.0. The van der Waals surface area contributed by atoms with Crippen LogP contribution in [-0.4, -0.2) is 7.05 Å². The van der Waals surface area contributed by atoms with Crippen molar-refractivity contribution in [2.45, 2.75) is 19.9 Å². The highest BCUT2D eigenvalue weighted by Crippen LogP contribution is 2.26. The minimum Gasteiger partial charge on any atom is -0.309 e. The van der Waals surface area contributed by atoms with Crippen molar-refractivity contribution in [3.05, 3.63) is 69.5 Å². The zero-order valence-electron chi connectivity index (χ0n) is 11.3. The Morgan fingerprint density at radius 2 is 1.68 bits per heavy atom. The van der Waals surface area contributed by atoms with Gasteiger partial charge in [-0.1, -0.05) is 35.9 Å². The molecule has 0 spiro atoms. The van der Waals surface area contributed by atoms with Crippen molar-refractivity contribution in [3.63, 3.8) is 0 Å². The van der Waals surface area contributed by atoms with Crippen molar-refractivity contribution in [1.29, 1.82) is 0 Å². The van der Waals surface area contributed by atoms with E-state index in [0.717, 1.165) is 11.1 Å². The normalized spacial score (nSPS) is 12.5. The molecule has 2 aromatic rings. The molecule has 1 atom stereocenters. The van der Waals surface area contributed by atoms with Crippen LogP contribution in [0.2, 0.25) is 5.02 Å².